The monoisotopic (exact) mass is 968 g/mol. The number of hydrogen-bond acceptors (Lipinski definition) is 5. The Hall–Kier alpha value is -2.18. The second kappa shape index (κ2) is 58.4. The highest BCUT2D eigenvalue weighted by molar-refractivity contribution is 5.76. The molecule has 404 valence electrons. The third-order valence-electron chi connectivity index (χ3n) is 13.9. The Morgan fingerprint density at radius 1 is 0.406 bits per heavy atom. The maximum absolute atomic E-state index is 12.5. The molecule has 0 saturated carbocycles. The van der Waals surface area contributed by atoms with Gasteiger partial charge in [-0.15, -0.1) is 0 Å². The molecule has 0 aromatic heterocycles. The number of rotatable bonds is 56. The van der Waals surface area contributed by atoms with Crippen molar-refractivity contribution in [1.29, 1.82) is 0 Å². The average molecular weight is 969 g/mol. The minimum Gasteiger partial charge on any atom is -0.466 e. The Morgan fingerprint density at radius 3 is 1.16 bits per heavy atom. The molecule has 2 unspecified atom stereocenters. The summed E-state index contributed by atoms with van der Waals surface area (Å²) in [7, 11) is 0. The topological polar surface area (TPSA) is 95.9 Å². The van der Waals surface area contributed by atoms with Crippen molar-refractivity contribution in [3.63, 3.8) is 0 Å². The third-order valence-corrected chi connectivity index (χ3v) is 13.9. The Morgan fingerprint density at radius 2 is 0.739 bits per heavy atom. The molecule has 0 rings (SSSR count). The molecule has 0 aliphatic rings. The summed E-state index contributed by atoms with van der Waals surface area (Å²) >= 11 is 0. The first-order valence-corrected chi connectivity index (χ1v) is 30.4. The van der Waals surface area contributed by atoms with Crippen molar-refractivity contribution in [3.05, 3.63) is 48.6 Å². The van der Waals surface area contributed by atoms with Gasteiger partial charge in [0.05, 0.1) is 25.4 Å². The highest BCUT2D eigenvalue weighted by atomic mass is 16.5. The summed E-state index contributed by atoms with van der Waals surface area (Å²) in [5.74, 6) is -0.145. The van der Waals surface area contributed by atoms with Gasteiger partial charge >= 0.3 is 5.97 Å². The largest absolute Gasteiger partial charge is 0.466 e. The standard InChI is InChI=1S/C63H117NO5/c1-3-5-7-9-11-13-15-17-19-20-21-22-23-24-25-26-27-29-31-35-39-43-47-51-55-61(66)60(59-65)64-62(67)56-52-48-44-40-36-32-30-34-38-42-46-50-54-58-69-63(68)57-53-49-45-41-37-33-28-18-16-14-12-10-8-6-4-2/h12,14,18,28,32,36,44,48,60-61,65-66H,3-11,13,15-17,19-27,29-31,33-35,37-43,45-47,49-59H2,1-2H3,(H,64,67)/b14-12-,28-18-,36-32-,48-44-. The van der Waals surface area contributed by atoms with Gasteiger partial charge in [-0.05, 0) is 77.0 Å². The summed E-state index contributed by atoms with van der Waals surface area (Å²) in [6.07, 6.45) is 74.1. The fraction of sp³-hybridized carbons (Fsp3) is 0.841. The lowest BCUT2D eigenvalue weighted by molar-refractivity contribution is -0.143. The number of ether oxygens (including phenoxy) is 1. The number of amides is 1. The van der Waals surface area contributed by atoms with Crippen molar-refractivity contribution in [2.45, 2.75) is 328 Å². The Labute approximate surface area is 429 Å². The van der Waals surface area contributed by atoms with E-state index in [2.05, 4.69) is 61.7 Å². The molecule has 0 aliphatic heterocycles. The summed E-state index contributed by atoms with van der Waals surface area (Å²) in [6.45, 7) is 4.87. The number of aliphatic hydroxyl groups is 2. The van der Waals surface area contributed by atoms with E-state index in [4.69, 9.17) is 4.74 Å². The molecule has 0 aliphatic carbocycles. The van der Waals surface area contributed by atoms with Gasteiger partial charge in [0.25, 0.3) is 0 Å². The molecule has 0 saturated heterocycles. The van der Waals surface area contributed by atoms with Crippen LogP contribution in [0.2, 0.25) is 0 Å². The molecule has 6 heteroatoms. The van der Waals surface area contributed by atoms with Crippen LogP contribution in [0.4, 0.5) is 0 Å². The lowest BCUT2D eigenvalue weighted by Crippen LogP contribution is -2.45. The number of esters is 1. The normalized spacial score (nSPS) is 12.9. The SMILES string of the molecule is CCCCC/C=C\C/C=C\CCCCCCCC(=O)OCCCCCCCC/C=C\C/C=C\CCC(=O)NC(CO)C(O)CCCCCCCCCCCCCCCCCCCCCCCCCC. The maximum atomic E-state index is 12.5. The zero-order valence-electron chi connectivity index (χ0n) is 46.0. The number of carbonyl (C=O) groups excluding carboxylic acids is 2. The van der Waals surface area contributed by atoms with E-state index in [-0.39, 0.29) is 18.5 Å². The van der Waals surface area contributed by atoms with E-state index >= 15 is 0 Å². The molecule has 0 bridgehead atoms. The Balaban J connectivity index is 3.54. The first-order chi connectivity index (χ1) is 34.0. The van der Waals surface area contributed by atoms with E-state index in [1.165, 1.54) is 212 Å². The number of hydrogen-bond donors (Lipinski definition) is 3. The molecule has 1 amide bonds. The van der Waals surface area contributed by atoms with E-state index in [1.807, 2.05) is 6.08 Å². The molecule has 2 atom stereocenters. The Kier molecular flexibility index (Phi) is 56.5. The van der Waals surface area contributed by atoms with Crippen LogP contribution in [0.25, 0.3) is 0 Å². The fourth-order valence-corrected chi connectivity index (χ4v) is 9.19. The minimum atomic E-state index is -0.702. The number of aliphatic hydroxyl groups excluding tert-OH is 2. The van der Waals surface area contributed by atoms with Crippen molar-refractivity contribution in [2.75, 3.05) is 13.2 Å². The van der Waals surface area contributed by atoms with Crippen LogP contribution in [-0.2, 0) is 14.3 Å². The van der Waals surface area contributed by atoms with Crippen LogP contribution in [0, 0.1) is 0 Å². The molecule has 0 spiro atoms. The van der Waals surface area contributed by atoms with Gasteiger partial charge in [0, 0.05) is 12.8 Å². The summed E-state index contributed by atoms with van der Waals surface area (Å²) in [4.78, 5) is 24.5. The summed E-state index contributed by atoms with van der Waals surface area (Å²) in [5, 5.41) is 23.3. The van der Waals surface area contributed by atoms with Gasteiger partial charge in [-0.3, -0.25) is 9.59 Å². The van der Waals surface area contributed by atoms with Crippen molar-refractivity contribution in [2.24, 2.45) is 0 Å². The van der Waals surface area contributed by atoms with Gasteiger partial charge in [-0.25, -0.2) is 0 Å². The average Bonchev–Trinajstić information content (AvgIpc) is 3.35. The smallest absolute Gasteiger partial charge is 0.305 e. The van der Waals surface area contributed by atoms with E-state index in [9.17, 15) is 19.8 Å². The van der Waals surface area contributed by atoms with Crippen LogP contribution >= 0.6 is 0 Å². The lowest BCUT2D eigenvalue weighted by Gasteiger charge is -2.22. The van der Waals surface area contributed by atoms with Crippen molar-refractivity contribution in [1.82, 2.24) is 5.32 Å². The number of carbonyl (C=O) groups is 2. The molecule has 6 nitrogen and oxygen atoms in total. The first-order valence-electron chi connectivity index (χ1n) is 30.4. The predicted molar refractivity (Wildman–Crippen MR) is 301 cm³/mol. The minimum absolute atomic E-state index is 0.0307. The molecule has 0 fully saturated rings. The number of allylic oxidation sites excluding steroid dienone is 8. The van der Waals surface area contributed by atoms with Crippen LogP contribution in [0.5, 0.6) is 0 Å². The molecular formula is C63H117NO5. The molecule has 3 N–H and O–H groups in total. The van der Waals surface area contributed by atoms with Gasteiger partial charge in [0.1, 0.15) is 0 Å². The predicted octanol–water partition coefficient (Wildman–Crippen LogP) is 19.0. The van der Waals surface area contributed by atoms with Gasteiger partial charge in [-0.1, -0.05) is 274 Å². The van der Waals surface area contributed by atoms with Gasteiger partial charge in [0.15, 0.2) is 0 Å². The third kappa shape index (κ3) is 55.0. The van der Waals surface area contributed by atoms with Crippen LogP contribution in [-0.4, -0.2) is 47.4 Å². The summed E-state index contributed by atoms with van der Waals surface area (Å²) < 4.78 is 5.45. The second-order valence-corrected chi connectivity index (χ2v) is 20.7. The van der Waals surface area contributed by atoms with Gasteiger partial charge < -0.3 is 20.3 Å². The highest BCUT2D eigenvalue weighted by Gasteiger charge is 2.19. The van der Waals surface area contributed by atoms with Crippen molar-refractivity contribution < 1.29 is 24.5 Å². The zero-order chi connectivity index (χ0) is 50.0. The van der Waals surface area contributed by atoms with Crippen LogP contribution in [0.3, 0.4) is 0 Å². The van der Waals surface area contributed by atoms with Crippen molar-refractivity contribution >= 4 is 11.9 Å². The molecular weight excluding hydrogens is 851 g/mol. The van der Waals surface area contributed by atoms with Crippen LogP contribution in [0.15, 0.2) is 48.6 Å². The summed E-state index contributed by atoms with van der Waals surface area (Å²) in [6, 6.07) is -0.588. The molecule has 0 radical (unpaired) electrons. The van der Waals surface area contributed by atoms with Crippen LogP contribution in [0.1, 0.15) is 316 Å². The van der Waals surface area contributed by atoms with Gasteiger partial charge in [-0.2, -0.15) is 0 Å². The fourth-order valence-electron chi connectivity index (χ4n) is 9.19. The second-order valence-electron chi connectivity index (χ2n) is 20.7. The molecule has 0 aromatic rings. The summed E-state index contributed by atoms with van der Waals surface area (Å²) in [5.41, 5.74) is 0. The number of nitrogens with one attached hydrogen (secondary N) is 1. The Bertz CT molecular complexity index is 1160. The quantitative estimate of drug-likeness (QED) is 0.0321. The molecule has 0 heterocycles. The highest BCUT2D eigenvalue weighted by Crippen LogP contribution is 2.17. The zero-order valence-corrected chi connectivity index (χ0v) is 46.0. The lowest BCUT2D eigenvalue weighted by atomic mass is 10.0. The molecule has 69 heavy (non-hydrogen) atoms. The van der Waals surface area contributed by atoms with E-state index in [1.54, 1.807) is 0 Å². The van der Waals surface area contributed by atoms with E-state index < -0.39 is 12.1 Å². The number of unbranched alkanes of at least 4 members (excludes halogenated alkanes) is 37. The first kappa shape index (κ1) is 66.8. The molecule has 0 aromatic carbocycles. The van der Waals surface area contributed by atoms with E-state index in [0.717, 1.165) is 64.2 Å². The maximum Gasteiger partial charge on any atom is 0.305 e. The van der Waals surface area contributed by atoms with E-state index in [0.29, 0.717) is 32.3 Å². The van der Waals surface area contributed by atoms with Crippen molar-refractivity contribution in [3.8, 4) is 0 Å². The van der Waals surface area contributed by atoms with Gasteiger partial charge in [0.2, 0.25) is 5.91 Å². The van der Waals surface area contributed by atoms with Crippen LogP contribution < -0.4 is 5.32 Å².